The van der Waals surface area contributed by atoms with Gasteiger partial charge in [0.1, 0.15) is 10.8 Å². The van der Waals surface area contributed by atoms with Crippen LogP contribution in [0.3, 0.4) is 0 Å². The summed E-state index contributed by atoms with van der Waals surface area (Å²) in [5, 5.41) is 3.53. The zero-order chi connectivity index (χ0) is 28.0. The molecule has 1 atom stereocenters. The Labute approximate surface area is 252 Å². The Morgan fingerprint density at radius 3 is 1.81 bits per heavy atom. The van der Waals surface area contributed by atoms with Crippen molar-refractivity contribution in [2.24, 2.45) is 0 Å². The lowest BCUT2D eigenvalue weighted by molar-refractivity contribution is 0.661. The van der Waals surface area contributed by atoms with Crippen LogP contribution < -0.4 is 10.2 Å². The van der Waals surface area contributed by atoms with Crippen LogP contribution in [0.1, 0.15) is 11.7 Å². The van der Waals surface area contributed by atoms with Crippen LogP contribution >= 0.6 is 15.9 Å². The van der Waals surface area contributed by atoms with Crippen LogP contribution in [0.4, 0.5) is 5.69 Å². The standard InChI is InChI=1S/C36H24BrN5/c37-32-22-38-36-30-17-8-7-16-28(30)29-19-18-26(21-31(29)42(32)36)25-14-9-15-27(20-25)35-40-33(23-10-3-1-4-11-23)39-34(41-35)24-12-5-2-6-13-24/h1-22,36,38H. The molecule has 1 N–H and O–H groups in total. The molecule has 8 rings (SSSR count). The summed E-state index contributed by atoms with van der Waals surface area (Å²) in [7, 11) is 0. The van der Waals surface area contributed by atoms with Crippen LogP contribution in [-0.2, 0) is 0 Å². The summed E-state index contributed by atoms with van der Waals surface area (Å²) in [6, 6.07) is 43.9. The lowest BCUT2D eigenvalue weighted by Crippen LogP contribution is -2.31. The quantitative estimate of drug-likeness (QED) is 0.203. The number of nitrogens with one attached hydrogen (secondary N) is 1. The molecule has 3 heterocycles. The van der Waals surface area contributed by atoms with E-state index in [4.69, 9.17) is 15.0 Å². The molecule has 2 aliphatic rings. The van der Waals surface area contributed by atoms with Gasteiger partial charge in [0.05, 0.1) is 5.69 Å². The van der Waals surface area contributed by atoms with E-state index in [2.05, 4.69) is 92.9 Å². The van der Waals surface area contributed by atoms with Crippen molar-refractivity contribution in [1.82, 2.24) is 20.3 Å². The normalized spacial score (nSPS) is 14.8. The molecule has 1 aromatic heterocycles. The number of nitrogens with zero attached hydrogens (tertiary/aromatic N) is 4. The van der Waals surface area contributed by atoms with Crippen molar-refractivity contribution in [2.75, 3.05) is 4.90 Å². The minimum atomic E-state index is 0.0580. The number of halogens is 1. The van der Waals surface area contributed by atoms with Crippen LogP contribution in [0.25, 0.3) is 56.4 Å². The molecule has 0 bridgehead atoms. The van der Waals surface area contributed by atoms with Crippen LogP contribution in [0.2, 0.25) is 0 Å². The van der Waals surface area contributed by atoms with Gasteiger partial charge in [0.15, 0.2) is 17.5 Å². The average Bonchev–Trinajstić information content (AvgIpc) is 3.47. The van der Waals surface area contributed by atoms with Gasteiger partial charge in [0.2, 0.25) is 0 Å². The minimum Gasteiger partial charge on any atom is -0.365 e. The molecule has 42 heavy (non-hydrogen) atoms. The first-order valence-electron chi connectivity index (χ1n) is 13.8. The van der Waals surface area contributed by atoms with Crippen LogP contribution in [0.15, 0.2) is 138 Å². The SMILES string of the molecule is BrC1=CNC2c3ccccc3-c3ccc(-c4cccc(-c5nc(-c6ccccc6)nc(-c6ccccc6)n5)c4)cc3N12. The maximum Gasteiger partial charge on any atom is 0.164 e. The lowest BCUT2D eigenvalue weighted by Gasteiger charge is -2.36. The monoisotopic (exact) mass is 605 g/mol. The van der Waals surface area contributed by atoms with Gasteiger partial charge in [-0.3, -0.25) is 0 Å². The third-order valence-corrected chi connectivity index (χ3v) is 8.42. The van der Waals surface area contributed by atoms with E-state index < -0.39 is 0 Å². The highest BCUT2D eigenvalue weighted by Gasteiger charge is 2.35. The third kappa shape index (κ3) is 4.19. The maximum atomic E-state index is 4.93. The van der Waals surface area contributed by atoms with E-state index in [1.807, 2.05) is 66.9 Å². The minimum absolute atomic E-state index is 0.0580. The van der Waals surface area contributed by atoms with E-state index in [0.29, 0.717) is 17.5 Å². The number of aromatic nitrogens is 3. The van der Waals surface area contributed by atoms with E-state index in [9.17, 15) is 0 Å². The van der Waals surface area contributed by atoms with E-state index in [1.54, 1.807) is 0 Å². The highest BCUT2D eigenvalue weighted by Crippen LogP contribution is 2.49. The van der Waals surface area contributed by atoms with E-state index in [-0.39, 0.29) is 6.17 Å². The van der Waals surface area contributed by atoms with E-state index in [0.717, 1.165) is 38.1 Å². The van der Waals surface area contributed by atoms with E-state index in [1.165, 1.54) is 16.7 Å². The molecule has 0 radical (unpaired) electrons. The molecule has 5 aromatic carbocycles. The number of hydrogen-bond donors (Lipinski definition) is 1. The van der Waals surface area contributed by atoms with Crippen molar-refractivity contribution in [3.8, 4) is 56.4 Å². The van der Waals surface area contributed by atoms with Crippen molar-refractivity contribution in [1.29, 1.82) is 0 Å². The lowest BCUT2D eigenvalue weighted by atomic mass is 9.89. The van der Waals surface area contributed by atoms with Gasteiger partial charge in [-0.2, -0.15) is 0 Å². The summed E-state index contributed by atoms with van der Waals surface area (Å²) in [5.74, 6) is 1.95. The fourth-order valence-electron chi connectivity index (χ4n) is 5.79. The highest BCUT2D eigenvalue weighted by molar-refractivity contribution is 9.11. The Kier molecular flexibility index (Phi) is 5.93. The van der Waals surface area contributed by atoms with Gasteiger partial charge in [0, 0.05) is 34.0 Å². The first-order valence-corrected chi connectivity index (χ1v) is 14.6. The number of rotatable bonds is 4. The topological polar surface area (TPSA) is 53.9 Å². The number of benzene rings is 5. The summed E-state index contributed by atoms with van der Waals surface area (Å²) in [6.07, 6.45) is 2.09. The van der Waals surface area contributed by atoms with Gasteiger partial charge in [-0.05, 0) is 44.8 Å². The predicted octanol–water partition coefficient (Wildman–Crippen LogP) is 8.82. The van der Waals surface area contributed by atoms with Gasteiger partial charge >= 0.3 is 0 Å². The molecule has 0 aliphatic carbocycles. The second-order valence-corrected chi connectivity index (χ2v) is 11.2. The van der Waals surface area contributed by atoms with Gasteiger partial charge in [-0.25, -0.2) is 15.0 Å². The van der Waals surface area contributed by atoms with Crippen molar-refractivity contribution in [3.05, 3.63) is 144 Å². The maximum absolute atomic E-state index is 4.93. The van der Waals surface area contributed by atoms with Crippen molar-refractivity contribution in [3.63, 3.8) is 0 Å². The molecule has 6 heteroatoms. The molecular weight excluding hydrogens is 582 g/mol. The van der Waals surface area contributed by atoms with Crippen molar-refractivity contribution in [2.45, 2.75) is 6.17 Å². The van der Waals surface area contributed by atoms with Gasteiger partial charge < -0.3 is 10.2 Å². The first-order chi connectivity index (χ1) is 20.7. The van der Waals surface area contributed by atoms with Gasteiger partial charge in [-0.1, -0.05) is 115 Å². The molecular formula is C36H24BrN5. The molecule has 2 aliphatic heterocycles. The second kappa shape index (κ2) is 10.1. The average molecular weight is 607 g/mol. The van der Waals surface area contributed by atoms with E-state index >= 15 is 0 Å². The molecule has 0 amide bonds. The zero-order valence-electron chi connectivity index (χ0n) is 22.4. The smallest absolute Gasteiger partial charge is 0.164 e. The predicted molar refractivity (Wildman–Crippen MR) is 172 cm³/mol. The Morgan fingerprint density at radius 1 is 0.524 bits per heavy atom. The Hall–Kier alpha value is -5.07. The number of hydrogen-bond acceptors (Lipinski definition) is 5. The summed E-state index contributed by atoms with van der Waals surface area (Å²) in [6.45, 7) is 0. The molecule has 6 aromatic rings. The summed E-state index contributed by atoms with van der Waals surface area (Å²) in [4.78, 5) is 17.0. The molecule has 200 valence electrons. The molecule has 1 unspecified atom stereocenters. The Bertz CT molecular complexity index is 1930. The fourth-order valence-corrected chi connectivity index (χ4v) is 6.32. The second-order valence-electron chi connectivity index (χ2n) is 10.3. The highest BCUT2D eigenvalue weighted by atomic mass is 79.9. The van der Waals surface area contributed by atoms with Crippen molar-refractivity contribution >= 4 is 21.6 Å². The summed E-state index contributed by atoms with van der Waals surface area (Å²) in [5.41, 5.74) is 9.97. The van der Waals surface area contributed by atoms with Gasteiger partial charge in [0.25, 0.3) is 0 Å². The molecule has 5 nitrogen and oxygen atoms in total. The number of fused-ring (bicyclic) bond motifs is 6. The third-order valence-electron chi connectivity index (χ3n) is 7.80. The summed E-state index contributed by atoms with van der Waals surface area (Å²) >= 11 is 3.78. The Balaban J connectivity index is 1.24. The first kappa shape index (κ1) is 24.7. The zero-order valence-corrected chi connectivity index (χ0v) is 24.0. The fraction of sp³-hybridized carbons (Fsp3) is 0.0278. The summed E-state index contributed by atoms with van der Waals surface area (Å²) < 4.78 is 1.02. The van der Waals surface area contributed by atoms with Gasteiger partial charge in [-0.15, -0.1) is 0 Å². The molecule has 0 saturated heterocycles. The molecule has 0 spiro atoms. The Morgan fingerprint density at radius 2 is 1.10 bits per heavy atom. The molecule has 0 saturated carbocycles. The largest absolute Gasteiger partial charge is 0.365 e. The number of anilines is 1. The van der Waals surface area contributed by atoms with Crippen LogP contribution in [0, 0.1) is 0 Å². The van der Waals surface area contributed by atoms with Crippen LogP contribution in [-0.4, -0.2) is 15.0 Å². The molecule has 0 fully saturated rings. The van der Waals surface area contributed by atoms with Crippen molar-refractivity contribution < 1.29 is 0 Å². The van der Waals surface area contributed by atoms with Crippen LogP contribution in [0.5, 0.6) is 0 Å².